The Kier molecular flexibility index (Phi) is 11.2. The quantitative estimate of drug-likeness (QED) is 0.335. The van der Waals surface area contributed by atoms with Crippen molar-refractivity contribution in [3.05, 3.63) is 0 Å². The number of likely N-dealkylation sites (tertiary alicyclic amines) is 1. The van der Waals surface area contributed by atoms with Crippen LogP contribution in [0.2, 0.25) is 0 Å². The van der Waals surface area contributed by atoms with Gasteiger partial charge in [-0.1, -0.05) is 0 Å². The van der Waals surface area contributed by atoms with Crippen LogP contribution in [-0.4, -0.2) is 74.2 Å². The molecule has 0 radical (unpaired) electrons. The number of aliphatic imine (C=N–C) groups is 1. The molecule has 0 aliphatic carbocycles. The molecule has 0 aromatic carbocycles. The van der Waals surface area contributed by atoms with E-state index in [0.717, 1.165) is 71.0 Å². The highest BCUT2D eigenvalue weighted by molar-refractivity contribution is 14.0. The van der Waals surface area contributed by atoms with E-state index in [2.05, 4.69) is 28.7 Å². The van der Waals surface area contributed by atoms with Crippen molar-refractivity contribution in [2.24, 2.45) is 10.9 Å². The summed E-state index contributed by atoms with van der Waals surface area (Å²) in [4.78, 5) is 18.9. The molecule has 0 spiro atoms. The second-order valence-electron chi connectivity index (χ2n) is 6.98. The molecule has 2 N–H and O–H groups in total. The van der Waals surface area contributed by atoms with Crippen LogP contribution >= 0.6 is 35.7 Å². The second kappa shape index (κ2) is 12.3. The number of halogens is 1. The minimum absolute atomic E-state index is 0. The average molecular weight is 498 g/mol. The van der Waals surface area contributed by atoms with Crippen LogP contribution in [0, 0.1) is 5.92 Å². The molecular weight excluding hydrogens is 463 g/mol. The lowest BCUT2D eigenvalue weighted by Gasteiger charge is -2.37. The summed E-state index contributed by atoms with van der Waals surface area (Å²) in [6.07, 6.45) is 7.10. The van der Waals surface area contributed by atoms with Gasteiger partial charge >= 0.3 is 0 Å². The number of carbonyl (C=O) groups excluding carboxylic acids is 1. The van der Waals surface area contributed by atoms with Crippen molar-refractivity contribution in [3.8, 4) is 0 Å². The molecule has 0 aromatic rings. The molecule has 0 aromatic heterocycles. The molecule has 152 valence electrons. The van der Waals surface area contributed by atoms with E-state index in [1.807, 2.05) is 11.8 Å². The van der Waals surface area contributed by atoms with Gasteiger partial charge in [0.25, 0.3) is 0 Å². The summed E-state index contributed by atoms with van der Waals surface area (Å²) in [6.45, 7) is 7.48. The van der Waals surface area contributed by atoms with Crippen LogP contribution in [0.4, 0.5) is 0 Å². The molecule has 2 saturated heterocycles. The predicted molar refractivity (Wildman–Crippen MR) is 121 cm³/mol. The SMILES string of the molecule is CCNC(=NCC1(SC)CCOCC1)N1CCC(CC(=O)NC)CC1.I. The van der Waals surface area contributed by atoms with Gasteiger partial charge in [-0.3, -0.25) is 9.79 Å². The lowest BCUT2D eigenvalue weighted by atomic mass is 9.93. The number of nitrogens with zero attached hydrogens (tertiary/aromatic N) is 2. The van der Waals surface area contributed by atoms with Crippen molar-refractivity contribution in [2.45, 2.75) is 43.8 Å². The lowest BCUT2D eigenvalue weighted by Crippen LogP contribution is -2.47. The van der Waals surface area contributed by atoms with Crippen LogP contribution in [0.25, 0.3) is 0 Å². The minimum atomic E-state index is 0. The molecule has 2 heterocycles. The third kappa shape index (κ3) is 7.07. The normalized spacial score (nSPS) is 21.0. The first kappa shape index (κ1) is 23.8. The van der Waals surface area contributed by atoms with Gasteiger partial charge in [0, 0.05) is 51.1 Å². The van der Waals surface area contributed by atoms with E-state index in [9.17, 15) is 4.79 Å². The van der Waals surface area contributed by atoms with Gasteiger partial charge in [0.05, 0.1) is 6.54 Å². The number of amides is 1. The third-order valence-corrected chi connectivity index (χ3v) is 6.76. The summed E-state index contributed by atoms with van der Waals surface area (Å²) in [6, 6.07) is 0. The van der Waals surface area contributed by atoms with E-state index in [1.165, 1.54) is 0 Å². The molecule has 1 amide bonds. The Labute approximate surface area is 179 Å². The van der Waals surface area contributed by atoms with Crippen LogP contribution in [0.1, 0.15) is 39.0 Å². The van der Waals surface area contributed by atoms with Gasteiger partial charge in [-0.15, -0.1) is 24.0 Å². The van der Waals surface area contributed by atoms with Crippen LogP contribution in [0.3, 0.4) is 0 Å². The smallest absolute Gasteiger partial charge is 0.220 e. The summed E-state index contributed by atoms with van der Waals surface area (Å²) < 4.78 is 5.75. The maximum absolute atomic E-state index is 11.6. The maximum atomic E-state index is 11.6. The van der Waals surface area contributed by atoms with Crippen LogP contribution in [-0.2, 0) is 9.53 Å². The molecule has 0 unspecified atom stereocenters. The van der Waals surface area contributed by atoms with Crippen molar-refractivity contribution in [1.82, 2.24) is 15.5 Å². The number of carbonyl (C=O) groups is 1. The molecule has 6 nitrogen and oxygen atoms in total. The molecule has 26 heavy (non-hydrogen) atoms. The first-order valence-electron chi connectivity index (χ1n) is 9.49. The number of nitrogens with one attached hydrogen (secondary N) is 2. The number of hydrogen-bond acceptors (Lipinski definition) is 4. The number of piperidine rings is 1. The topological polar surface area (TPSA) is 66.0 Å². The van der Waals surface area contributed by atoms with Crippen molar-refractivity contribution < 1.29 is 9.53 Å². The Morgan fingerprint density at radius 1 is 1.31 bits per heavy atom. The Balaban J connectivity index is 0.00000338. The van der Waals surface area contributed by atoms with Crippen LogP contribution in [0.5, 0.6) is 0 Å². The Bertz CT molecular complexity index is 450. The van der Waals surface area contributed by atoms with Gasteiger partial charge in [-0.05, 0) is 44.8 Å². The molecule has 0 atom stereocenters. The number of thioether (sulfide) groups is 1. The van der Waals surface area contributed by atoms with Gasteiger partial charge in [-0.25, -0.2) is 0 Å². The van der Waals surface area contributed by atoms with Gasteiger partial charge in [-0.2, -0.15) is 11.8 Å². The molecule has 8 heteroatoms. The van der Waals surface area contributed by atoms with E-state index in [-0.39, 0.29) is 34.6 Å². The Morgan fingerprint density at radius 3 is 2.50 bits per heavy atom. The molecule has 0 saturated carbocycles. The largest absolute Gasteiger partial charge is 0.381 e. The summed E-state index contributed by atoms with van der Waals surface area (Å²) in [7, 11) is 1.71. The second-order valence-corrected chi connectivity index (χ2v) is 8.25. The fraction of sp³-hybridized carbons (Fsp3) is 0.889. The van der Waals surface area contributed by atoms with Crippen molar-refractivity contribution in [3.63, 3.8) is 0 Å². The van der Waals surface area contributed by atoms with Gasteiger partial charge in [0.15, 0.2) is 5.96 Å². The highest BCUT2D eigenvalue weighted by Gasteiger charge is 2.32. The first-order chi connectivity index (χ1) is 12.1. The lowest BCUT2D eigenvalue weighted by molar-refractivity contribution is -0.121. The maximum Gasteiger partial charge on any atom is 0.220 e. The zero-order chi connectivity index (χ0) is 18.1. The van der Waals surface area contributed by atoms with Gasteiger partial charge in [0.2, 0.25) is 5.91 Å². The fourth-order valence-electron chi connectivity index (χ4n) is 3.53. The van der Waals surface area contributed by atoms with Crippen molar-refractivity contribution in [2.75, 3.05) is 52.7 Å². The van der Waals surface area contributed by atoms with E-state index in [4.69, 9.17) is 9.73 Å². The number of guanidine groups is 1. The van der Waals surface area contributed by atoms with Crippen molar-refractivity contribution in [1.29, 1.82) is 0 Å². The Hall–Kier alpha value is -0.220. The number of hydrogen-bond donors (Lipinski definition) is 2. The zero-order valence-electron chi connectivity index (χ0n) is 16.4. The van der Waals surface area contributed by atoms with E-state index < -0.39 is 0 Å². The molecular formula is C18H35IN4O2S. The average Bonchev–Trinajstić information content (AvgIpc) is 2.66. The van der Waals surface area contributed by atoms with Gasteiger partial charge < -0.3 is 20.3 Å². The van der Waals surface area contributed by atoms with Gasteiger partial charge in [0.1, 0.15) is 0 Å². The van der Waals surface area contributed by atoms with Crippen LogP contribution < -0.4 is 10.6 Å². The van der Waals surface area contributed by atoms with E-state index in [0.29, 0.717) is 12.3 Å². The predicted octanol–water partition coefficient (Wildman–Crippen LogP) is 2.33. The monoisotopic (exact) mass is 498 g/mol. The van der Waals surface area contributed by atoms with E-state index >= 15 is 0 Å². The fourth-order valence-corrected chi connectivity index (χ4v) is 4.30. The third-order valence-electron chi connectivity index (χ3n) is 5.36. The number of ether oxygens (including phenoxy) is 1. The molecule has 2 aliphatic rings. The molecule has 2 aliphatic heterocycles. The zero-order valence-corrected chi connectivity index (χ0v) is 19.5. The highest BCUT2D eigenvalue weighted by Crippen LogP contribution is 2.34. The summed E-state index contributed by atoms with van der Waals surface area (Å²) in [5.74, 6) is 1.67. The van der Waals surface area contributed by atoms with Crippen molar-refractivity contribution >= 4 is 47.6 Å². The molecule has 2 fully saturated rings. The first-order valence-corrected chi connectivity index (χ1v) is 10.7. The number of rotatable bonds is 6. The summed E-state index contributed by atoms with van der Waals surface area (Å²) in [5.41, 5.74) is 0. The highest BCUT2D eigenvalue weighted by atomic mass is 127. The molecule has 0 bridgehead atoms. The summed E-state index contributed by atoms with van der Waals surface area (Å²) >= 11 is 1.93. The Morgan fingerprint density at radius 2 is 1.96 bits per heavy atom. The minimum Gasteiger partial charge on any atom is -0.381 e. The van der Waals surface area contributed by atoms with E-state index in [1.54, 1.807) is 7.05 Å². The summed E-state index contributed by atoms with van der Waals surface area (Å²) in [5, 5.41) is 6.19. The van der Waals surface area contributed by atoms with Crippen LogP contribution in [0.15, 0.2) is 4.99 Å². The standard InChI is InChI=1S/C18H34N4O2S.HI/c1-4-20-17(21-14-18(25-3)7-11-24-12-8-18)22-9-5-15(6-10-22)13-16(23)19-2;/h15H,4-14H2,1-3H3,(H,19,23)(H,20,21);1H. The molecule has 2 rings (SSSR count).